The van der Waals surface area contributed by atoms with Crippen LogP contribution in [0.25, 0.3) is 0 Å². The predicted octanol–water partition coefficient (Wildman–Crippen LogP) is 3.92. The van der Waals surface area contributed by atoms with Gasteiger partial charge in [0, 0.05) is 0 Å². The Morgan fingerprint density at radius 3 is 2.17 bits per heavy atom. The van der Waals surface area contributed by atoms with Crippen LogP contribution in [0.3, 0.4) is 0 Å². The number of rotatable bonds is 0. The highest BCUT2D eigenvalue weighted by molar-refractivity contribution is 5.24. The van der Waals surface area contributed by atoms with E-state index in [1.807, 2.05) is 0 Å². The van der Waals surface area contributed by atoms with E-state index in [0.29, 0.717) is 10.8 Å². The minimum Gasteiger partial charge on any atom is -0.0845 e. The molecule has 68 valence electrons. The zero-order chi connectivity index (χ0) is 8.82. The average molecular weight is 164 g/mol. The highest BCUT2D eigenvalue weighted by Gasteiger charge is 2.49. The molecule has 2 aliphatic carbocycles. The van der Waals surface area contributed by atoms with Gasteiger partial charge in [0.2, 0.25) is 0 Å². The van der Waals surface area contributed by atoms with Gasteiger partial charge >= 0.3 is 0 Å². The van der Waals surface area contributed by atoms with Crippen molar-refractivity contribution in [3.8, 4) is 0 Å². The van der Waals surface area contributed by atoms with Crippen LogP contribution in [-0.2, 0) is 0 Å². The maximum absolute atomic E-state index is 2.48. The largest absolute Gasteiger partial charge is 0.0845 e. The Kier molecular flexibility index (Phi) is 1.65. The quantitative estimate of drug-likeness (QED) is 0.476. The van der Waals surface area contributed by atoms with Crippen LogP contribution < -0.4 is 0 Å². The Morgan fingerprint density at radius 2 is 1.75 bits per heavy atom. The zero-order valence-corrected chi connectivity index (χ0v) is 8.61. The lowest BCUT2D eigenvalue weighted by atomic mass is 9.64. The molecule has 12 heavy (non-hydrogen) atoms. The lowest BCUT2D eigenvalue weighted by molar-refractivity contribution is 0.135. The highest BCUT2D eigenvalue weighted by Crippen LogP contribution is 2.60. The number of hydrogen-bond donors (Lipinski definition) is 0. The van der Waals surface area contributed by atoms with Crippen LogP contribution in [0.5, 0.6) is 0 Å². The van der Waals surface area contributed by atoms with Gasteiger partial charge in [0.05, 0.1) is 0 Å². The number of hydrogen-bond acceptors (Lipinski definition) is 0. The third kappa shape index (κ3) is 0.841. The van der Waals surface area contributed by atoms with E-state index in [0.717, 1.165) is 0 Å². The van der Waals surface area contributed by atoms with Gasteiger partial charge < -0.3 is 0 Å². The molecular weight excluding hydrogens is 144 g/mol. The molecule has 1 fully saturated rings. The molecule has 1 spiro atoms. The van der Waals surface area contributed by atoms with E-state index in [4.69, 9.17) is 0 Å². The minimum atomic E-state index is 0.490. The van der Waals surface area contributed by atoms with Gasteiger partial charge in [0.25, 0.3) is 0 Å². The van der Waals surface area contributed by atoms with Crippen LogP contribution >= 0.6 is 0 Å². The molecule has 0 amide bonds. The third-order valence-electron chi connectivity index (χ3n) is 4.67. The molecule has 0 atom stereocenters. The average Bonchev–Trinajstić information content (AvgIpc) is 2.55. The van der Waals surface area contributed by atoms with Gasteiger partial charge in [0.1, 0.15) is 0 Å². The lowest BCUT2D eigenvalue weighted by Crippen LogP contribution is -2.31. The van der Waals surface area contributed by atoms with E-state index in [-0.39, 0.29) is 0 Å². The molecule has 0 aliphatic heterocycles. The second-order valence-electron chi connectivity index (χ2n) is 5.20. The van der Waals surface area contributed by atoms with Gasteiger partial charge in [-0.2, -0.15) is 0 Å². The molecule has 0 aromatic rings. The van der Waals surface area contributed by atoms with E-state index < -0.39 is 0 Å². The van der Waals surface area contributed by atoms with Crippen LogP contribution in [0.2, 0.25) is 0 Å². The van der Waals surface area contributed by atoms with Crippen molar-refractivity contribution < 1.29 is 0 Å². The summed E-state index contributed by atoms with van der Waals surface area (Å²) in [6.45, 7) is 7.20. The smallest absolute Gasteiger partial charge is 0.00881 e. The molecule has 0 nitrogen and oxygen atoms in total. The molecule has 0 aromatic heterocycles. The predicted molar refractivity (Wildman–Crippen MR) is 53.1 cm³/mol. The van der Waals surface area contributed by atoms with Crippen molar-refractivity contribution in [1.82, 2.24) is 0 Å². The summed E-state index contributed by atoms with van der Waals surface area (Å²) in [4.78, 5) is 0. The Labute approximate surface area is 76.1 Å². The molecule has 0 heterocycles. The van der Waals surface area contributed by atoms with Crippen molar-refractivity contribution in [3.05, 3.63) is 11.6 Å². The standard InChI is InChI=1S/C12H20/c1-10-6-9-12(11(10,2)3)7-4-5-8-12/h6H,4-5,7-9H2,1-3H3. The molecule has 0 saturated heterocycles. The summed E-state index contributed by atoms with van der Waals surface area (Å²) in [5, 5.41) is 0. The summed E-state index contributed by atoms with van der Waals surface area (Å²) in [5.41, 5.74) is 2.78. The summed E-state index contributed by atoms with van der Waals surface area (Å²) < 4.78 is 0. The maximum Gasteiger partial charge on any atom is -0.00881 e. The monoisotopic (exact) mass is 164 g/mol. The molecule has 0 heteroatoms. The van der Waals surface area contributed by atoms with Crippen molar-refractivity contribution in [2.45, 2.75) is 52.9 Å². The maximum atomic E-state index is 2.48. The first-order chi connectivity index (χ1) is 5.58. The second kappa shape index (κ2) is 2.37. The Morgan fingerprint density at radius 1 is 1.17 bits per heavy atom. The topological polar surface area (TPSA) is 0 Å². The summed E-state index contributed by atoms with van der Waals surface area (Å²) >= 11 is 0. The van der Waals surface area contributed by atoms with Crippen molar-refractivity contribution in [3.63, 3.8) is 0 Å². The third-order valence-corrected chi connectivity index (χ3v) is 4.67. The first-order valence-corrected chi connectivity index (χ1v) is 5.26. The van der Waals surface area contributed by atoms with Gasteiger partial charge in [0.15, 0.2) is 0 Å². The normalized spacial score (nSPS) is 31.1. The lowest BCUT2D eigenvalue weighted by Gasteiger charge is -2.40. The van der Waals surface area contributed by atoms with Crippen LogP contribution in [0, 0.1) is 10.8 Å². The fourth-order valence-electron chi connectivity index (χ4n) is 3.16. The molecule has 0 N–H and O–H groups in total. The van der Waals surface area contributed by atoms with Gasteiger partial charge in [-0.15, -0.1) is 0 Å². The SMILES string of the molecule is CC1=CCC2(CCCC2)C1(C)C. The molecule has 0 unspecified atom stereocenters. The number of allylic oxidation sites excluding steroid dienone is 2. The second-order valence-corrected chi connectivity index (χ2v) is 5.20. The van der Waals surface area contributed by atoms with Gasteiger partial charge in [-0.25, -0.2) is 0 Å². The van der Waals surface area contributed by atoms with E-state index in [1.165, 1.54) is 32.1 Å². The Balaban J connectivity index is 2.31. The van der Waals surface area contributed by atoms with Crippen LogP contribution in [0.4, 0.5) is 0 Å². The van der Waals surface area contributed by atoms with E-state index in [9.17, 15) is 0 Å². The fourth-order valence-corrected chi connectivity index (χ4v) is 3.16. The van der Waals surface area contributed by atoms with Gasteiger partial charge in [-0.3, -0.25) is 0 Å². The summed E-state index contributed by atoms with van der Waals surface area (Å²) in [5.74, 6) is 0. The molecule has 0 aromatic carbocycles. The highest BCUT2D eigenvalue weighted by atomic mass is 14.5. The van der Waals surface area contributed by atoms with E-state index in [1.54, 1.807) is 5.57 Å². The van der Waals surface area contributed by atoms with Crippen molar-refractivity contribution in [2.75, 3.05) is 0 Å². The van der Waals surface area contributed by atoms with E-state index in [2.05, 4.69) is 26.8 Å². The van der Waals surface area contributed by atoms with Crippen LogP contribution in [0.1, 0.15) is 52.9 Å². The molecule has 2 aliphatic rings. The Bertz CT molecular complexity index is 214. The summed E-state index contributed by atoms with van der Waals surface area (Å²) in [6, 6.07) is 0. The van der Waals surface area contributed by atoms with Crippen molar-refractivity contribution in [1.29, 1.82) is 0 Å². The minimum absolute atomic E-state index is 0.490. The molecule has 0 bridgehead atoms. The first-order valence-electron chi connectivity index (χ1n) is 5.26. The first kappa shape index (κ1) is 8.34. The zero-order valence-electron chi connectivity index (χ0n) is 8.61. The fraction of sp³-hybridized carbons (Fsp3) is 0.833. The molecule has 2 rings (SSSR count). The van der Waals surface area contributed by atoms with Gasteiger partial charge in [-0.05, 0) is 37.0 Å². The van der Waals surface area contributed by atoms with Crippen molar-refractivity contribution >= 4 is 0 Å². The molecular formula is C12H20. The van der Waals surface area contributed by atoms with E-state index >= 15 is 0 Å². The molecule has 1 saturated carbocycles. The van der Waals surface area contributed by atoms with Crippen molar-refractivity contribution in [2.24, 2.45) is 10.8 Å². The summed E-state index contributed by atoms with van der Waals surface area (Å²) in [6.07, 6.45) is 9.69. The summed E-state index contributed by atoms with van der Waals surface area (Å²) in [7, 11) is 0. The van der Waals surface area contributed by atoms with Gasteiger partial charge in [-0.1, -0.05) is 38.3 Å². The van der Waals surface area contributed by atoms with Crippen LogP contribution in [-0.4, -0.2) is 0 Å². The molecule has 0 radical (unpaired) electrons. The Hall–Kier alpha value is -0.260. The van der Waals surface area contributed by atoms with Crippen LogP contribution in [0.15, 0.2) is 11.6 Å².